The third-order valence-electron chi connectivity index (χ3n) is 4.16. The van der Waals surface area contributed by atoms with Crippen LogP contribution in [0.1, 0.15) is 26.2 Å². The van der Waals surface area contributed by atoms with Gasteiger partial charge in [0.25, 0.3) is 5.69 Å². The number of carbonyl (C=O) groups excluding carboxylic acids is 1. The molecule has 0 bridgehead atoms. The minimum Gasteiger partial charge on any atom is -0.395 e. The Morgan fingerprint density at radius 2 is 2.26 bits per heavy atom. The van der Waals surface area contributed by atoms with Crippen LogP contribution >= 0.6 is 11.6 Å². The average Bonchev–Trinajstić information content (AvgIpc) is 2.50. The fraction of sp³-hybridized carbons (Fsp3) is 0.533. The maximum absolute atomic E-state index is 12.3. The van der Waals surface area contributed by atoms with Gasteiger partial charge in [-0.1, -0.05) is 18.0 Å². The normalized spacial score (nSPS) is 21.9. The van der Waals surface area contributed by atoms with E-state index in [4.69, 9.17) is 11.6 Å². The van der Waals surface area contributed by atoms with Crippen molar-refractivity contribution in [2.24, 2.45) is 0 Å². The van der Waals surface area contributed by atoms with Crippen molar-refractivity contribution in [3.05, 3.63) is 33.3 Å². The van der Waals surface area contributed by atoms with Gasteiger partial charge in [0.1, 0.15) is 5.69 Å². The molecule has 1 saturated heterocycles. The molecule has 1 aromatic carbocycles. The highest BCUT2D eigenvalue weighted by Crippen LogP contribution is 2.28. The number of carbonyl (C=O) groups is 1. The maximum atomic E-state index is 12.3. The van der Waals surface area contributed by atoms with Gasteiger partial charge in [-0.2, -0.15) is 0 Å². The minimum absolute atomic E-state index is 0.00128. The summed E-state index contributed by atoms with van der Waals surface area (Å²) in [5, 5.41) is 23.3. The van der Waals surface area contributed by atoms with Gasteiger partial charge in [-0.3, -0.25) is 19.8 Å². The molecule has 0 aliphatic carbocycles. The first-order valence-corrected chi connectivity index (χ1v) is 7.90. The molecule has 1 amide bonds. The van der Waals surface area contributed by atoms with E-state index >= 15 is 0 Å². The summed E-state index contributed by atoms with van der Waals surface area (Å²) in [5.74, 6) is -0.345. The van der Waals surface area contributed by atoms with E-state index in [9.17, 15) is 20.0 Å². The maximum Gasteiger partial charge on any atom is 0.294 e. The molecule has 8 heteroatoms. The van der Waals surface area contributed by atoms with Crippen LogP contribution in [0.4, 0.5) is 11.4 Å². The topological polar surface area (TPSA) is 95.7 Å². The Bertz CT molecular complexity index is 596. The summed E-state index contributed by atoms with van der Waals surface area (Å²) in [7, 11) is 0. The Labute approximate surface area is 139 Å². The molecule has 0 aromatic heterocycles. The van der Waals surface area contributed by atoms with E-state index in [2.05, 4.69) is 5.32 Å². The summed E-state index contributed by atoms with van der Waals surface area (Å²) in [6.45, 7) is 2.10. The molecular formula is C15H20ClN3O4. The smallest absolute Gasteiger partial charge is 0.294 e. The monoisotopic (exact) mass is 341 g/mol. The molecule has 2 atom stereocenters. The molecule has 7 nitrogen and oxygen atoms in total. The number of nitro benzene ring substituents is 1. The second-order valence-corrected chi connectivity index (χ2v) is 6.19. The van der Waals surface area contributed by atoms with Crippen molar-refractivity contribution < 1.29 is 14.8 Å². The Morgan fingerprint density at radius 3 is 2.91 bits per heavy atom. The van der Waals surface area contributed by atoms with Crippen LogP contribution in [-0.4, -0.2) is 46.1 Å². The number of nitrogens with zero attached hydrogens (tertiary/aromatic N) is 2. The number of likely N-dealkylation sites (tertiary alicyclic amines) is 1. The quantitative estimate of drug-likeness (QED) is 0.633. The van der Waals surface area contributed by atoms with Gasteiger partial charge in [0.05, 0.1) is 18.1 Å². The number of piperidine rings is 1. The van der Waals surface area contributed by atoms with Gasteiger partial charge in [-0.15, -0.1) is 0 Å². The standard InChI is InChI=1S/C15H20ClN3O4/c1-10-3-2-4-12(9-20)18(10)8-15(21)17-13-6-5-11(16)7-14(13)19(22)23/h5-7,10,12,20H,2-4,8-9H2,1H3,(H,17,21). The van der Waals surface area contributed by atoms with Crippen molar-refractivity contribution >= 4 is 28.9 Å². The number of anilines is 1. The Morgan fingerprint density at radius 1 is 1.52 bits per heavy atom. The second kappa shape index (κ2) is 7.72. The summed E-state index contributed by atoms with van der Waals surface area (Å²) in [6, 6.07) is 4.25. The lowest BCUT2D eigenvalue weighted by Gasteiger charge is -2.39. The van der Waals surface area contributed by atoms with Gasteiger partial charge >= 0.3 is 0 Å². The molecule has 1 aliphatic heterocycles. The minimum atomic E-state index is -0.582. The van der Waals surface area contributed by atoms with E-state index in [0.717, 1.165) is 19.3 Å². The third-order valence-corrected chi connectivity index (χ3v) is 4.40. The Balaban J connectivity index is 2.09. The lowest BCUT2D eigenvalue weighted by atomic mass is 9.97. The summed E-state index contributed by atoms with van der Waals surface area (Å²) in [6.07, 6.45) is 2.83. The fourth-order valence-corrected chi connectivity index (χ4v) is 3.10. The zero-order chi connectivity index (χ0) is 17.0. The van der Waals surface area contributed by atoms with E-state index in [1.54, 1.807) is 0 Å². The predicted molar refractivity (Wildman–Crippen MR) is 87.6 cm³/mol. The molecular weight excluding hydrogens is 322 g/mol. The molecule has 23 heavy (non-hydrogen) atoms. The molecule has 0 radical (unpaired) electrons. The number of halogens is 1. The van der Waals surface area contributed by atoms with E-state index in [1.165, 1.54) is 18.2 Å². The molecule has 2 unspecified atom stereocenters. The number of amides is 1. The van der Waals surface area contributed by atoms with Gasteiger partial charge in [0.15, 0.2) is 0 Å². The van der Waals surface area contributed by atoms with Gasteiger partial charge in [-0.05, 0) is 31.9 Å². The van der Waals surface area contributed by atoms with Gasteiger partial charge in [0.2, 0.25) is 5.91 Å². The fourth-order valence-electron chi connectivity index (χ4n) is 2.94. The van der Waals surface area contributed by atoms with Crippen LogP contribution in [0.2, 0.25) is 5.02 Å². The number of nitro groups is 1. The van der Waals surface area contributed by atoms with Gasteiger partial charge in [-0.25, -0.2) is 0 Å². The van der Waals surface area contributed by atoms with Crippen molar-refractivity contribution in [3.63, 3.8) is 0 Å². The molecule has 1 aromatic rings. The summed E-state index contributed by atoms with van der Waals surface area (Å²) >= 11 is 5.76. The number of nitrogens with one attached hydrogen (secondary N) is 1. The number of hydrogen-bond donors (Lipinski definition) is 2. The number of aliphatic hydroxyl groups is 1. The van der Waals surface area contributed by atoms with E-state index in [1.807, 2.05) is 11.8 Å². The van der Waals surface area contributed by atoms with Gasteiger partial charge < -0.3 is 10.4 Å². The molecule has 126 valence electrons. The van der Waals surface area contributed by atoms with Crippen LogP contribution in [0.15, 0.2) is 18.2 Å². The van der Waals surface area contributed by atoms with Crippen LogP contribution in [0.5, 0.6) is 0 Å². The summed E-state index contributed by atoms with van der Waals surface area (Å²) < 4.78 is 0. The lowest BCUT2D eigenvalue weighted by molar-refractivity contribution is -0.383. The van der Waals surface area contributed by atoms with Crippen molar-refractivity contribution in [2.45, 2.75) is 38.3 Å². The highest BCUT2D eigenvalue weighted by atomic mass is 35.5. The second-order valence-electron chi connectivity index (χ2n) is 5.76. The van der Waals surface area contributed by atoms with E-state index in [0.29, 0.717) is 0 Å². The highest BCUT2D eigenvalue weighted by Gasteiger charge is 2.29. The number of rotatable bonds is 5. The van der Waals surface area contributed by atoms with Crippen LogP contribution in [0.25, 0.3) is 0 Å². The average molecular weight is 342 g/mol. The van der Waals surface area contributed by atoms with E-state index < -0.39 is 4.92 Å². The van der Waals surface area contributed by atoms with Crippen LogP contribution < -0.4 is 5.32 Å². The van der Waals surface area contributed by atoms with E-state index in [-0.39, 0.29) is 47.5 Å². The lowest BCUT2D eigenvalue weighted by Crippen LogP contribution is -2.50. The Hall–Kier alpha value is -1.70. The molecule has 2 rings (SSSR count). The largest absolute Gasteiger partial charge is 0.395 e. The first-order valence-electron chi connectivity index (χ1n) is 7.52. The van der Waals surface area contributed by atoms with Crippen molar-refractivity contribution in [1.82, 2.24) is 4.90 Å². The van der Waals surface area contributed by atoms with Crippen LogP contribution in [0, 0.1) is 10.1 Å². The predicted octanol–water partition coefficient (Wildman–Crippen LogP) is 2.42. The van der Waals surface area contributed by atoms with Crippen molar-refractivity contribution in [3.8, 4) is 0 Å². The molecule has 1 heterocycles. The molecule has 0 saturated carbocycles. The third kappa shape index (κ3) is 4.40. The first-order chi connectivity index (χ1) is 10.9. The molecule has 1 aliphatic rings. The SMILES string of the molecule is CC1CCCC(CO)N1CC(=O)Nc1ccc(Cl)cc1[N+](=O)[O-]. The zero-order valence-electron chi connectivity index (χ0n) is 12.9. The Kier molecular flexibility index (Phi) is 5.92. The summed E-state index contributed by atoms with van der Waals surface area (Å²) in [5.41, 5.74) is -0.120. The number of hydrogen-bond acceptors (Lipinski definition) is 5. The van der Waals surface area contributed by atoms with Crippen LogP contribution in [-0.2, 0) is 4.79 Å². The van der Waals surface area contributed by atoms with Crippen LogP contribution in [0.3, 0.4) is 0 Å². The van der Waals surface area contributed by atoms with Gasteiger partial charge in [0, 0.05) is 23.2 Å². The first kappa shape index (κ1) is 17.7. The molecule has 1 fully saturated rings. The van der Waals surface area contributed by atoms with Crippen molar-refractivity contribution in [2.75, 3.05) is 18.5 Å². The summed E-state index contributed by atoms with van der Waals surface area (Å²) in [4.78, 5) is 24.7. The number of benzene rings is 1. The number of aliphatic hydroxyl groups excluding tert-OH is 1. The molecule has 2 N–H and O–H groups in total. The van der Waals surface area contributed by atoms with Crippen molar-refractivity contribution in [1.29, 1.82) is 0 Å². The highest BCUT2D eigenvalue weighted by molar-refractivity contribution is 6.31. The molecule has 0 spiro atoms. The zero-order valence-corrected chi connectivity index (χ0v) is 13.6.